The highest BCUT2D eigenvalue weighted by Gasteiger charge is 2.44. The van der Waals surface area contributed by atoms with E-state index in [0.717, 1.165) is 6.07 Å². The monoisotopic (exact) mass is 399 g/mol. The van der Waals surface area contributed by atoms with Crippen LogP contribution in [0.2, 0.25) is 0 Å². The summed E-state index contributed by atoms with van der Waals surface area (Å²) in [5.74, 6) is -1.08. The number of rotatable bonds is 6. The lowest BCUT2D eigenvalue weighted by molar-refractivity contribution is -0.184. The largest absolute Gasteiger partial charge is 0.481 e. The molecule has 2 atom stereocenters. The molecule has 0 bridgehead atoms. The minimum Gasteiger partial charge on any atom is -0.481 e. The number of carbonyl (C=O) groups excluding carboxylic acids is 1. The van der Waals surface area contributed by atoms with Crippen molar-refractivity contribution in [2.75, 3.05) is 32.7 Å². The van der Waals surface area contributed by atoms with Crippen molar-refractivity contribution in [2.45, 2.75) is 25.2 Å². The highest BCUT2D eigenvalue weighted by Crippen LogP contribution is 2.24. The molecule has 1 amide bonds. The third-order valence-electron chi connectivity index (χ3n) is 3.92. The molecule has 148 valence electrons. The molecule has 2 N–H and O–H groups in total. The van der Waals surface area contributed by atoms with Crippen molar-refractivity contribution in [1.82, 2.24) is 15.5 Å². The van der Waals surface area contributed by atoms with E-state index < -0.39 is 36.6 Å². The zero-order chi connectivity index (χ0) is 18.4. The van der Waals surface area contributed by atoms with Crippen LogP contribution in [0.3, 0.4) is 0 Å². The SMILES string of the molecule is CC(Oc1cccc(F)c1)C(=O)NCC(N1CCNCC1)C(F)(F)F.Cl. The van der Waals surface area contributed by atoms with Gasteiger partial charge in [0.1, 0.15) is 17.6 Å². The van der Waals surface area contributed by atoms with Crippen LogP contribution in [-0.2, 0) is 4.79 Å². The van der Waals surface area contributed by atoms with E-state index in [1.54, 1.807) is 0 Å². The third-order valence-corrected chi connectivity index (χ3v) is 3.92. The van der Waals surface area contributed by atoms with Crippen LogP contribution in [0.15, 0.2) is 24.3 Å². The van der Waals surface area contributed by atoms with E-state index in [0.29, 0.717) is 13.1 Å². The molecule has 2 rings (SSSR count). The molecule has 1 heterocycles. The van der Waals surface area contributed by atoms with Crippen molar-refractivity contribution < 1.29 is 27.1 Å². The van der Waals surface area contributed by atoms with Gasteiger partial charge in [0, 0.05) is 38.8 Å². The number of benzene rings is 1. The number of hydrogen-bond donors (Lipinski definition) is 2. The molecule has 2 unspecified atom stereocenters. The molecular formula is C16H22ClF4N3O2. The number of nitrogens with one attached hydrogen (secondary N) is 2. The van der Waals surface area contributed by atoms with Gasteiger partial charge in [-0.05, 0) is 19.1 Å². The average Bonchev–Trinajstić information content (AvgIpc) is 2.54. The zero-order valence-corrected chi connectivity index (χ0v) is 15.0. The molecule has 1 aliphatic heterocycles. The summed E-state index contributed by atoms with van der Waals surface area (Å²) in [6.07, 6.45) is -5.49. The van der Waals surface area contributed by atoms with E-state index in [4.69, 9.17) is 4.74 Å². The molecule has 1 saturated heterocycles. The first-order chi connectivity index (χ1) is 11.8. The summed E-state index contributed by atoms with van der Waals surface area (Å²) in [5, 5.41) is 5.27. The second kappa shape index (κ2) is 9.94. The van der Waals surface area contributed by atoms with Gasteiger partial charge in [-0.3, -0.25) is 9.69 Å². The normalized spacial score (nSPS) is 17.7. The van der Waals surface area contributed by atoms with Crippen LogP contribution >= 0.6 is 12.4 Å². The number of ether oxygens (including phenoxy) is 1. The van der Waals surface area contributed by atoms with Crippen molar-refractivity contribution in [3.8, 4) is 5.75 Å². The molecule has 1 aromatic carbocycles. The van der Waals surface area contributed by atoms with Crippen LogP contribution in [0.25, 0.3) is 0 Å². The van der Waals surface area contributed by atoms with Crippen molar-refractivity contribution in [2.24, 2.45) is 0 Å². The van der Waals surface area contributed by atoms with Crippen LogP contribution in [-0.4, -0.2) is 61.9 Å². The summed E-state index contributed by atoms with van der Waals surface area (Å²) in [6, 6.07) is 3.45. The van der Waals surface area contributed by atoms with Crippen LogP contribution in [0.4, 0.5) is 17.6 Å². The fourth-order valence-corrected chi connectivity index (χ4v) is 2.58. The fourth-order valence-electron chi connectivity index (χ4n) is 2.58. The summed E-state index contributed by atoms with van der Waals surface area (Å²) >= 11 is 0. The molecule has 0 aliphatic carbocycles. The standard InChI is InChI=1S/C16H21F4N3O2.ClH/c1-11(25-13-4-2-3-12(17)9-13)15(24)22-10-14(16(18,19)20)23-7-5-21-6-8-23;/h2-4,9,11,14,21H,5-8,10H2,1H3,(H,22,24);1H. The minimum atomic E-state index is -4.45. The Bertz CT molecular complexity index is 583. The lowest BCUT2D eigenvalue weighted by Crippen LogP contribution is -2.58. The van der Waals surface area contributed by atoms with E-state index in [-0.39, 0.29) is 31.2 Å². The van der Waals surface area contributed by atoms with Crippen LogP contribution < -0.4 is 15.4 Å². The lowest BCUT2D eigenvalue weighted by Gasteiger charge is -2.36. The van der Waals surface area contributed by atoms with Crippen molar-refractivity contribution >= 4 is 18.3 Å². The first-order valence-corrected chi connectivity index (χ1v) is 7.99. The molecule has 1 fully saturated rings. The van der Waals surface area contributed by atoms with Crippen LogP contribution in [0.5, 0.6) is 5.75 Å². The number of nitrogens with zero attached hydrogens (tertiary/aromatic N) is 1. The van der Waals surface area contributed by atoms with Gasteiger partial charge in [0.05, 0.1) is 0 Å². The van der Waals surface area contributed by atoms with Gasteiger partial charge in [-0.15, -0.1) is 12.4 Å². The van der Waals surface area contributed by atoms with Gasteiger partial charge in [0.25, 0.3) is 5.91 Å². The number of carbonyl (C=O) groups is 1. The summed E-state index contributed by atoms with van der Waals surface area (Å²) < 4.78 is 58.1. The van der Waals surface area contributed by atoms with Crippen molar-refractivity contribution in [3.05, 3.63) is 30.1 Å². The average molecular weight is 400 g/mol. The minimum absolute atomic E-state index is 0. The van der Waals surface area contributed by atoms with E-state index in [2.05, 4.69) is 10.6 Å². The van der Waals surface area contributed by atoms with Crippen LogP contribution in [0, 0.1) is 5.82 Å². The zero-order valence-electron chi connectivity index (χ0n) is 14.2. The van der Waals surface area contributed by atoms with E-state index in [1.807, 2.05) is 0 Å². The predicted octanol–water partition coefficient (Wildman–Crippen LogP) is 1.97. The molecule has 1 aliphatic rings. The maximum atomic E-state index is 13.3. The van der Waals surface area contributed by atoms with Gasteiger partial charge < -0.3 is 15.4 Å². The topological polar surface area (TPSA) is 53.6 Å². The quantitative estimate of drug-likeness (QED) is 0.718. The third kappa shape index (κ3) is 6.62. The van der Waals surface area contributed by atoms with Gasteiger partial charge in [-0.2, -0.15) is 13.2 Å². The second-order valence-electron chi connectivity index (χ2n) is 5.81. The smallest absolute Gasteiger partial charge is 0.405 e. The van der Waals surface area contributed by atoms with E-state index in [9.17, 15) is 22.4 Å². The molecule has 0 saturated carbocycles. The Hall–Kier alpha value is -1.58. The Balaban J connectivity index is 0.00000338. The molecule has 0 radical (unpaired) electrons. The second-order valence-corrected chi connectivity index (χ2v) is 5.81. The summed E-state index contributed by atoms with van der Waals surface area (Å²) in [7, 11) is 0. The first-order valence-electron chi connectivity index (χ1n) is 7.99. The Morgan fingerprint density at radius 2 is 2.00 bits per heavy atom. The number of hydrogen-bond acceptors (Lipinski definition) is 4. The predicted molar refractivity (Wildman–Crippen MR) is 91.0 cm³/mol. The van der Waals surface area contributed by atoms with Gasteiger partial charge in [-0.25, -0.2) is 4.39 Å². The number of amides is 1. The van der Waals surface area contributed by atoms with Gasteiger partial charge >= 0.3 is 6.18 Å². The Morgan fingerprint density at radius 3 is 2.58 bits per heavy atom. The van der Waals surface area contributed by atoms with E-state index in [1.165, 1.54) is 30.0 Å². The first kappa shape index (κ1) is 22.5. The Labute approximate surface area is 155 Å². The maximum absolute atomic E-state index is 13.3. The molecule has 5 nitrogen and oxygen atoms in total. The molecule has 0 spiro atoms. The highest BCUT2D eigenvalue weighted by molar-refractivity contribution is 5.85. The van der Waals surface area contributed by atoms with Crippen molar-refractivity contribution in [3.63, 3.8) is 0 Å². The van der Waals surface area contributed by atoms with Crippen LogP contribution in [0.1, 0.15) is 6.92 Å². The maximum Gasteiger partial charge on any atom is 0.405 e. The van der Waals surface area contributed by atoms with Gasteiger partial charge in [0.2, 0.25) is 0 Å². The Morgan fingerprint density at radius 1 is 1.35 bits per heavy atom. The fraction of sp³-hybridized carbons (Fsp3) is 0.562. The number of piperazine rings is 1. The van der Waals surface area contributed by atoms with E-state index >= 15 is 0 Å². The molecular weight excluding hydrogens is 378 g/mol. The molecule has 26 heavy (non-hydrogen) atoms. The lowest BCUT2D eigenvalue weighted by atomic mass is 10.2. The molecule has 1 aromatic rings. The van der Waals surface area contributed by atoms with Gasteiger partial charge in [-0.1, -0.05) is 6.07 Å². The summed E-state index contributed by atoms with van der Waals surface area (Å²) in [6.45, 7) is 2.30. The molecule has 10 heteroatoms. The summed E-state index contributed by atoms with van der Waals surface area (Å²) in [5.41, 5.74) is 0. The number of halogens is 5. The van der Waals surface area contributed by atoms with Crippen molar-refractivity contribution in [1.29, 1.82) is 0 Å². The highest BCUT2D eigenvalue weighted by atomic mass is 35.5. The molecule has 0 aromatic heterocycles. The Kier molecular flexibility index (Phi) is 8.58. The van der Waals surface area contributed by atoms with Gasteiger partial charge in [0.15, 0.2) is 6.10 Å². The number of alkyl halides is 3. The summed E-state index contributed by atoms with van der Waals surface area (Å²) in [4.78, 5) is 13.3.